The number of carbonyl (C=O) groups is 1. The maximum absolute atomic E-state index is 10.9. The second-order valence-corrected chi connectivity index (χ2v) is 9.25. The van der Waals surface area contributed by atoms with Gasteiger partial charge >= 0.3 is 0 Å². The van der Waals surface area contributed by atoms with Crippen molar-refractivity contribution in [1.29, 1.82) is 0 Å². The van der Waals surface area contributed by atoms with E-state index in [1.165, 1.54) is 83.3 Å². The number of rotatable bonds is 7. The van der Waals surface area contributed by atoms with Crippen LogP contribution in [0.15, 0.2) is 0 Å². The molecule has 0 unspecified atom stereocenters. The van der Waals surface area contributed by atoms with Crippen LogP contribution in [-0.4, -0.2) is 19.0 Å². The first-order chi connectivity index (χ1) is 12.3. The van der Waals surface area contributed by atoms with E-state index in [4.69, 9.17) is 4.74 Å². The molecule has 2 heteroatoms. The molecule has 0 aromatic rings. The highest BCUT2D eigenvalue weighted by Crippen LogP contribution is 2.45. The molecule has 0 heterocycles. The van der Waals surface area contributed by atoms with E-state index in [1.807, 2.05) is 0 Å². The van der Waals surface area contributed by atoms with Crippen LogP contribution in [0.3, 0.4) is 0 Å². The summed E-state index contributed by atoms with van der Waals surface area (Å²) in [6.45, 7) is 3.22. The molecule has 3 rings (SSSR count). The molecule has 25 heavy (non-hydrogen) atoms. The third kappa shape index (κ3) is 5.55. The molecule has 3 saturated carbocycles. The maximum Gasteiger partial charge on any atom is 0.123 e. The third-order valence-corrected chi connectivity index (χ3v) is 7.73. The van der Waals surface area contributed by atoms with Gasteiger partial charge in [0.2, 0.25) is 0 Å². The van der Waals surface area contributed by atoms with Gasteiger partial charge in [0, 0.05) is 12.5 Å². The van der Waals surface area contributed by atoms with Gasteiger partial charge in [-0.1, -0.05) is 13.3 Å². The van der Waals surface area contributed by atoms with Crippen molar-refractivity contribution in [2.45, 2.75) is 103 Å². The molecule has 0 aromatic heterocycles. The molecule has 144 valence electrons. The number of carbonyl (C=O) groups excluding carboxylic acids is 1. The molecule has 0 atom stereocenters. The minimum Gasteiger partial charge on any atom is -0.378 e. The summed E-state index contributed by atoms with van der Waals surface area (Å²) < 4.78 is 6.05. The van der Waals surface area contributed by atoms with Gasteiger partial charge in [0.1, 0.15) is 6.29 Å². The highest BCUT2D eigenvalue weighted by Gasteiger charge is 2.34. The van der Waals surface area contributed by atoms with Gasteiger partial charge in [-0.25, -0.2) is 0 Å². The molecule has 0 spiro atoms. The van der Waals surface area contributed by atoms with Gasteiger partial charge < -0.3 is 9.53 Å². The highest BCUT2D eigenvalue weighted by molar-refractivity contribution is 5.53. The van der Waals surface area contributed by atoms with Crippen molar-refractivity contribution in [2.75, 3.05) is 6.61 Å². The number of aldehydes is 1. The maximum atomic E-state index is 10.9. The molecule has 2 nitrogen and oxygen atoms in total. The summed E-state index contributed by atoms with van der Waals surface area (Å²) in [6.07, 6.45) is 20.5. The lowest BCUT2D eigenvalue weighted by molar-refractivity contribution is -0.112. The van der Waals surface area contributed by atoms with Crippen LogP contribution >= 0.6 is 0 Å². The highest BCUT2D eigenvalue weighted by atomic mass is 16.5. The fraction of sp³-hybridized carbons (Fsp3) is 0.957. The van der Waals surface area contributed by atoms with Gasteiger partial charge in [-0.2, -0.15) is 0 Å². The second-order valence-electron chi connectivity index (χ2n) is 9.25. The molecule has 0 aliphatic heterocycles. The lowest BCUT2D eigenvalue weighted by Gasteiger charge is -2.41. The van der Waals surface area contributed by atoms with Crippen molar-refractivity contribution >= 4 is 6.29 Å². The van der Waals surface area contributed by atoms with E-state index in [1.54, 1.807) is 0 Å². The summed E-state index contributed by atoms with van der Waals surface area (Å²) in [6, 6.07) is 0. The van der Waals surface area contributed by atoms with Gasteiger partial charge in [0.15, 0.2) is 0 Å². The third-order valence-electron chi connectivity index (χ3n) is 7.73. The molecule has 3 aliphatic carbocycles. The van der Waals surface area contributed by atoms with Crippen molar-refractivity contribution in [3.05, 3.63) is 0 Å². The normalized spacial score (nSPS) is 39.9. The standard InChI is InChI=1S/C23H40O2/c1-2-3-16-25-23-14-12-22(13-15-23)21-10-8-20(9-11-21)19-6-4-18(17-24)5-7-19/h17-23H,2-16H2,1H3. The van der Waals surface area contributed by atoms with Gasteiger partial charge in [0.05, 0.1) is 6.10 Å². The molecule has 0 N–H and O–H groups in total. The van der Waals surface area contributed by atoms with Crippen LogP contribution in [0.25, 0.3) is 0 Å². The van der Waals surface area contributed by atoms with Gasteiger partial charge in [-0.3, -0.25) is 0 Å². The van der Waals surface area contributed by atoms with Crippen molar-refractivity contribution in [3.63, 3.8) is 0 Å². The summed E-state index contributed by atoms with van der Waals surface area (Å²) in [5.41, 5.74) is 0. The molecule has 0 radical (unpaired) electrons. The van der Waals surface area contributed by atoms with Crippen LogP contribution in [0.1, 0.15) is 96.8 Å². The van der Waals surface area contributed by atoms with Gasteiger partial charge in [-0.15, -0.1) is 0 Å². The summed E-state index contributed by atoms with van der Waals surface area (Å²) >= 11 is 0. The van der Waals surface area contributed by atoms with Crippen molar-refractivity contribution in [2.24, 2.45) is 29.6 Å². The Hall–Kier alpha value is -0.370. The number of hydrogen-bond donors (Lipinski definition) is 0. The van der Waals surface area contributed by atoms with Crippen molar-refractivity contribution < 1.29 is 9.53 Å². The molecule has 0 aromatic carbocycles. The SMILES string of the molecule is CCCCOC1CCC(C2CCC(C3CCC(C=O)CC3)CC2)CC1. The van der Waals surface area contributed by atoms with Crippen molar-refractivity contribution in [3.8, 4) is 0 Å². The predicted octanol–water partition coefficient (Wildman–Crippen LogP) is 6.17. The molecule has 0 bridgehead atoms. The Morgan fingerprint density at radius 1 is 0.720 bits per heavy atom. The van der Waals surface area contributed by atoms with E-state index < -0.39 is 0 Å². The Labute approximate surface area is 155 Å². The Balaban J connectivity index is 1.34. The Kier molecular flexibility index (Phi) is 7.83. The quantitative estimate of drug-likeness (QED) is 0.406. The summed E-state index contributed by atoms with van der Waals surface area (Å²) in [5.74, 6) is 4.26. The van der Waals surface area contributed by atoms with Gasteiger partial charge in [-0.05, 0) is 107 Å². The van der Waals surface area contributed by atoms with E-state index in [0.29, 0.717) is 12.0 Å². The average molecular weight is 349 g/mol. The first-order valence-corrected chi connectivity index (χ1v) is 11.4. The second kappa shape index (κ2) is 10.1. The summed E-state index contributed by atoms with van der Waals surface area (Å²) in [7, 11) is 0. The Bertz CT molecular complexity index is 370. The Morgan fingerprint density at radius 3 is 1.60 bits per heavy atom. The monoisotopic (exact) mass is 348 g/mol. The number of hydrogen-bond acceptors (Lipinski definition) is 2. The predicted molar refractivity (Wildman–Crippen MR) is 104 cm³/mol. The van der Waals surface area contributed by atoms with Gasteiger partial charge in [0.25, 0.3) is 0 Å². The summed E-state index contributed by atoms with van der Waals surface area (Å²) in [5, 5.41) is 0. The van der Waals surface area contributed by atoms with E-state index in [2.05, 4.69) is 6.92 Å². The lowest BCUT2D eigenvalue weighted by atomic mass is 9.65. The molecular formula is C23H40O2. The summed E-state index contributed by atoms with van der Waals surface area (Å²) in [4.78, 5) is 10.9. The lowest BCUT2D eigenvalue weighted by Crippen LogP contribution is -2.31. The molecule has 3 aliphatic rings. The van der Waals surface area contributed by atoms with Crippen LogP contribution in [-0.2, 0) is 9.53 Å². The van der Waals surface area contributed by atoms with Crippen LogP contribution in [0, 0.1) is 29.6 Å². The van der Waals surface area contributed by atoms with E-state index in [9.17, 15) is 4.79 Å². The molecular weight excluding hydrogens is 308 g/mol. The van der Waals surface area contributed by atoms with Crippen LogP contribution in [0.5, 0.6) is 0 Å². The largest absolute Gasteiger partial charge is 0.378 e. The minimum atomic E-state index is 0.377. The topological polar surface area (TPSA) is 26.3 Å². The average Bonchev–Trinajstić information content (AvgIpc) is 2.69. The number of ether oxygens (including phenoxy) is 1. The zero-order valence-electron chi connectivity index (χ0n) is 16.5. The fourth-order valence-electron chi connectivity index (χ4n) is 5.96. The van der Waals surface area contributed by atoms with E-state index in [0.717, 1.165) is 43.1 Å². The zero-order chi connectivity index (χ0) is 17.5. The first-order valence-electron chi connectivity index (χ1n) is 11.4. The first kappa shape index (κ1) is 19.4. The van der Waals surface area contributed by atoms with E-state index >= 15 is 0 Å². The number of unbranched alkanes of at least 4 members (excludes halogenated alkanes) is 1. The smallest absolute Gasteiger partial charge is 0.123 e. The Morgan fingerprint density at radius 2 is 1.16 bits per heavy atom. The fourth-order valence-corrected chi connectivity index (χ4v) is 5.96. The molecule has 3 fully saturated rings. The molecule has 0 amide bonds. The zero-order valence-corrected chi connectivity index (χ0v) is 16.5. The van der Waals surface area contributed by atoms with Crippen LogP contribution < -0.4 is 0 Å². The minimum absolute atomic E-state index is 0.377. The van der Waals surface area contributed by atoms with Crippen molar-refractivity contribution in [1.82, 2.24) is 0 Å². The van der Waals surface area contributed by atoms with E-state index in [-0.39, 0.29) is 0 Å². The van der Waals surface area contributed by atoms with Crippen LogP contribution in [0.2, 0.25) is 0 Å². The molecule has 0 saturated heterocycles. The van der Waals surface area contributed by atoms with Crippen LogP contribution in [0.4, 0.5) is 0 Å².